The van der Waals surface area contributed by atoms with Gasteiger partial charge in [-0.2, -0.15) is 9.97 Å². The number of hydrogen-bond acceptors (Lipinski definition) is 11. The summed E-state index contributed by atoms with van der Waals surface area (Å²) in [6.45, 7) is 1.90. The fourth-order valence-corrected chi connectivity index (χ4v) is 3.13. The van der Waals surface area contributed by atoms with E-state index in [1.54, 1.807) is 24.3 Å². The minimum atomic E-state index is -0.823. The summed E-state index contributed by atoms with van der Waals surface area (Å²) in [5.74, 6) is -0.461. The number of carbonyl (C=O) groups excluding carboxylic acids is 2. The van der Waals surface area contributed by atoms with Crippen molar-refractivity contribution in [1.82, 2.24) is 19.9 Å². The van der Waals surface area contributed by atoms with Gasteiger partial charge in [0.1, 0.15) is 11.8 Å². The van der Waals surface area contributed by atoms with Crippen LogP contribution in [-0.2, 0) is 16.1 Å². The molecule has 2 aromatic heterocycles. The molecule has 14 nitrogen and oxygen atoms in total. The fourth-order valence-electron chi connectivity index (χ4n) is 3.13. The van der Waals surface area contributed by atoms with Crippen molar-refractivity contribution in [3.63, 3.8) is 0 Å². The Morgan fingerprint density at radius 1 is 1.11 bits per heavy atom. The number of esters is 1. The lowest BCUT2D eigenvalue weighted by molar-refractivity contribution is -0.136. The Labute approximate surface area is 200 Å². The van der Waals surface area contributed by atoms with Gasteiger partial charge in [-0.1, -0.05) is 0 Å². The van der Waals surface area contributed by atoms with Gasteiger partial charge in [0.05, 0.1) is 18.4 Å². The normalized spacial score (nSPS) is 11.6. The first kappa shape index (κ1) is 25.0. The monoisotopic (exact) mass is 481 g/mol. The van der Waals surface area contributed by atoms with Crippen molar-refractivity contribution in [2.24, 2.45) is 22.2 Å². The largest absolute Gasteiger partial charge is 0.425 e. The molecule has 2 heterocycles. The van der Waals surface area contributed by atoms with Crippen LogP contribution in [0.3, 0.4) is 0 Å². The molecule has 3 rings (SSSR count). The van der Waals surface area contributed by atoms with Crippen LogP contribution in [0.5, 0.6) is 5.75 Å². The molecule has 0 aliphatic heterocycles. The Kier molecular flexibility index (Phi) is 7.88. The summed E-state index contributed by atoms with van der Waals surface area (Å²) in [7, 11) is 0. The zero-order valence-corrected chi connectivity index (χ0v) is 19.1. The molecule has 0 saturated heterocycles. The van der Waals surface area contributed by atoms with Crippen LogP contribution in [0.15, 0.2) is 35.5 Å². The second kappa shape index (κ2) is 11.0. The Balaban J connectivity index is 1.67. The zero-order valence-electron chi connectivity index (χ0n) is 19.1. The Morgan fingerprint density at radius 3 is 2.49 bits per heavy atom. The molecule has 3 aromatic rings. The number of hydrogen-bond donors (Lipinski definition) is 5. The molecular formula is C21H27N11O3. The fraction of sp³-hybridized carbons (Fsp3) is 0.286. The maximum absolute atomic E-state index is 12.3. The smallest absolute Gasteiger partial charge is 0.328 e. The summed E-state index contributed by atoms with van der Waals surface area (Å²) in [4.78, 5) is 46.4. The summed E-state index contributed by atoms with van der Waals surface area (Å²) < 4.78 is 5.33. The van der Waals surface area contributed by atoms with Crippen molar-refractivity contribution in [3.8, 4) is 5.75 Å². The summed E-state index contributed by atoms with van der Waals surface area (Å²) in [5.41, 5.74) is 29.4. The highest BCUT2D eigenvalue weighted by atomic mass is 16.5. The van der Waals surface area contributed by atoms with E-state index in [1.807, 2.05) is 0 Å². The molecule has 0 saturated carbocycles. The van der Waals surface area contributed by atoms with Crippen molar-refractivity contribution in [3.05, 3.63) is 36.2 Å². The molecule has 1 aromatic carbocycles. The molecule has 35 heavy (non-hydrogen) atoms. The number of amides is 1. The molecular weight excluding hydrogens is 454 g/mol. The van der Waals surface area contributed by atoms with Crippen molar-refractivity contribution in [1.29, 1.82) is 0 Å². The predicted molar refractivity (Wildman–Crippen MR) is 131 cm³/mol. The number of anilines is 3. The van der Waals surface area contributed by atoms with E-state index in [1.165, 1.54) is 18.0 Å². The van der Waals surface area contributed by atoms with E-state index >= 15 is 0 Å². The number of ether oxygens (including phenoxy) is 1. The molecule has 1 amide bonds. The molecule has 0 bridgehead atoms. The van der Waals surface area contributed by atoms with Crippen LogP contribution in [0.2, 0.25) is 0 Å². The highest BCUT2D eigenvalue weighted by molar-refractivity contribution is 5.91. The van der Waals surface area contributed by atoms with E-state index in [9.17, 15) is 9.59 Å². The number of aromatic nitrogens is 4. The number of aliphatic imine (C=N–C) groups is 1. The third kappa shape index (κ3) is 6.70. The van der Waals surface area contributed by atoms with Gasteiger partial charge in [0.15, 0.2) is 22.9 Å². The Morgan fingerprint density at radius 2 is 1.83 bits per heavy atom. The topological polar surface area (TPSA) is 241 Å². The van der Waals surface area contributed by atoms with Gasteiger partial charge in [-0.3, -0.25) is 9.79 Å². The van der Waals surface area contributed by atoms with Gasteiger partial charge in [0, 0.05) is 19.2 Å². The minimum Gasteiger partial charge on any atom is -0.425 e. The first-order chi connectivity index (χ1) is 16.6. The average Bonchev–Trinajstić information content (AvgIpc) is 2.80. The Hall–Kier alpha value is -4.59. The maximum atomic E-state index is 12.3. The van der Waals surface area contributed by atoms with Crippen LogP contribution in [0.4, 0.5) is 17.5 Å². The molecule has 184 valence electrons. The number of nitrogens with two attached hydrogens (primary N) is 5. The number of fused-ring (bicyclic) bond motifs is 1. The summed E-state index contributed by atoms with van der Waals surface area (Å²) in [5, 5.41) is 0. The Bertz CT molecular complexity index is 1240. The van der Waals surface area contributed by atoms with Crippen LogP contribution >= 0.6 is 0 Å². The van der Waals surface area contributed by atoms with Crippen LogP contribution < -0.4 is 38.3 Å². The van der Waals surface area contributed by atoms with E-state index in [0.717, 1.165) is 0 Å². The number of guanidine groups is 1. The summed E-state index contributed by atoms with van der Waals surface area (Å²) >= 11 is 0. The van der Waals surface area contributed by atoms with Gasteiger partial charge in [-0.05, 0) is 37.1 Å². The molecule has 0 aliphatic carbocycles. The maximum Gasteiger partial charge on any atom is 0.328 e. The van der Waals surface area contributed by atoms with E-state index in [-0.39, 0.29) is 47.1 Å². The SMILES string of the molecule is CC(=O)N(Cc1cnc2nc(N)nc(N)c2n1)c1ccc(OC(=O)C(N)CCCN=C(N)N)cc1. The second-order valence-corrected chi connectivity index (χ2v) is 7.58. The van der Waals surface area contributed by atoms with Gasteiger partial charge >= 0.3 is 5.97 Å². The summed E-state index contributed by atoms with van der Waals surface area (Å²) in [6, 6.07) is 5.59. The van der Waals surface area contributed by atoms with Gasteiger partial charge in [0.2, 0.25) is 11.9 Å². The van der Waals surface area contributed by atoms with Crippen LogP contribution in [0.25, 0.3) is 11.2 Å². The lowest BCUT2D eigenvalue weighted by atomic mass is 10.2. The third-order valence-corrected chi connectivity index (χ3v) is 4.84. The van der Waals surface area contributed by atoms with Crippen molar-refractivity contribution in [2.45, 2.75) is 32.4 Å². The number of benzene rings is 1. The molecule has 0 fully saturated rings. The highest BCUT2D eigenvalue weighted by Crippen LogP contribution is 2.23. The molecule has 1 unspecified atom stereocenters. The predicted octanol–water partition coefficient (Wildman–Crippen LogP) is -0.576. The van der Waals surface area contributed by atoms with Gasteiger partial charge < -0.3 is 38.3 Å². The standard InChI is InChI=1S/C21H27N11O3/c1-11(33)32(10-12-9-28-18-16(29-12)17(23)30-21(26)31-18)13-4-6-14(7-5-13)35-19(34)15(22)3-2-8-27-20(24)25/h4-7,9,15H,2-3,8,10,22H2,1H3,(H4,24,25,27)(H4,23,26,28,30,31). The number of nitrogen functional groups attached to an aromatic ring is 2. The van der Waals surface area contributed by atoms with E-state index < -0.39 is 12.0 Å². The van der Waals surface area contributed by atoms with E-state index in [4.69, 9.17) is 33.4 Å². The van der Waals surface area contributed by atoms with Crippen LogP contribution in [0, 0.1) is 0 Å². The second-order valence-electron chi connectivity index (χ2n) is 7.58. The highest BCUT2D eigenvalue weighted by Gasteiger charge is 2.18. The molecule has 0 aliphatic rings. The van der Waals surface area contributed by atoms with Gasteiger partial charge in [-0.15, -0.1) is 0 Å². The minimum absolute atomic E-state index is 0.00453. The molecule has 0 spiro atoms. The van der Waals surface area contributed by atoms with Crippen molar-refractivity contribution < 1.29 is 14.3 Å². The average molecular weight is 482 g/mol. The van der Waals surface area contributed by atoms with Crippen molar-refractivity contribution >= 4 is 46.5 Å². The lowest BCUT2D eigenvalue weighted by Gasteiger charge is -2.21. The van der Waals surface area contributed by atoms with Crippen LogP contribution in [0.1, 0.15) is 25.5 Å². The first-order valence-electron chi connectivity index (χ1n) is 10.6. The van der Waals surface area contributed by atoms with Gasteiger partial charge in [0.25, 0.3) is 0 Å². The quantitative estimate of drug-likeness (QED) is 0.0847. The molecule has 14 heteroatoms. The summed E-state index contributed by atoms with van der Waals surface area (Å²) in [6.07, 6.45) is 2.37. The number of rotatable bonds is 9. The zero-order chi connectivity index (χ0) is 25.5. The third-order valence-electron chi connectivity index (χ3n) is 4.84. The number of nitrogens with zero attached hydrogens (tertiary/aromatic N) is 6. The van der Waals surface area contributed by atoms with Crippen molar-refractivity contribution in [2.75, 3.05) is 22.9 Å². The van der Waals surface area contributed by atoms with Gasteiger partial charge in [-0.25, -0.2) is 14.8 Å². The number of carbonyl (C=O) groups is 2. The lowest BCUT2D eigenvalue weighted by Crippen LogP contribution is -2.34. The molecule has 1 atom stereocenters. The first-order valence-corrected chi connectivity index (χ1v) is 10.6. The van der Waals surface area contributed by atoms with E-state index in [0.29, 0.717) is 30.8 Å². The van der Waals surface area contributed by atoms with E-state index in [2.05, 4.69) is 24.9 Å². The molecule has 0 radical (unpaired) electrons. The molecule has 10 N–H and O–H groups in total. The van der Waals surface area contributed by atoms with Crippen LogP contribution in [-0.4, -0.2) is 50.4 Å².